The first-order valence-electron chi connectivity index (χ1n) is 12.1. The number of nitrogens with zero attached hydrogens (tertiary/aromatic N) is 1. The van der Waals surface area contributed by atoms with E-state index < -0.39 is 11.9 Å². The monoisotopic (exact) mass is 473 g/mol. The lowest BCUT2D eigenvalue weighted by molar-refractivity contribution is -0.140. The van der Waals surface area contributed by atoms with Crippen LogP contribution in [0.2, 0.25) is 0 Å². The lowest BCUT2D eigenvalue weighted by Gasteiger charge is -2.32. The number of nitrogens with one attached hydrogen (secondary N) is 2. The molecule has 2 N–H and O–H groups in total. The fourth-order valence-electron chi connectivity index (χ4n) is 4.50. The average molecular weight is 474 g/mol. The minimum atomic E-state index is -0.798. The molecule has 35 heavy (non-hydrogen) atoms. The van der Waals surface area contributed by atoms with Crippen LogP contribution in [0.1, 0.15) is 53.4 Å². The second-order valence-corrected chi connectivity index (χ2v) is 8.79. The number of rotatable bonds is 10. The molecule has 0 aliphatic heterocycles. The van der Waals surface area contributed by atoms with Crippen molar-refractivity contribution in [3.05, 3.63) is 95.9 Å². The third kappa shape index (κ3) is 6.59. The van der Waals surface area contributed by atoms with Gasteiger partial charge in [-0.15, -0.1) is 0 Å². The number of carbonyl (C=O) groups is 3. The van der Waals surface area contributed by atoms with E-state index >= 15 is 0 Å². The summed E-state index contributed by atoms with van der Waals surface area (Å²) in [7, 11) is 0. The van der Waals surface area contributed by atoms with Crippen molar-refractivity contribution in [1.82, 2.24) is 15.5 Å². The van der Waals surface area contributed by atoms with E-state index in [1.54, 1.807) is 11.0 Å². The Morgan fingerprint density at radius 1 is 0.914 bits per heavy atom. The van der Waals surface area contributed by atoms with Gasteiger partial charge in [0.2, 0.25) is 11.8 Å². The van der Waals surface area contributed by atoms with Crippen LogP contribution >= 0.6 is 0 Å². The maximum Gasteiger partial charge on any atom is 0.287 e. The number of hydrogen-bond acceptors (Lipinski definition) is 4. The molecular formula is C28H31N3O4. The van der Waals surface area contributed by atoms with Crippen LogP contribution in [-0.2, 0) is 16.0 Å². The highest BCUT2D eigenvalue weighted by atomic mass is 16.3. The molecule has 1 aliphatic rings. The highest BCUT2D eigenvalue weighted by Crippen LogP contribution is 2.24. The molecule has 3 amide bonds. The zero-order valence-electron chi connectivity index (χ0n) is 19.7. The number of amides is 3. The predicted molar refractivity (Wildman–Crippen MR) is 132 cm³/mol. The largest absolute Gasteiger partial charge is 0.459 e. The van der Waals surface area contributed by atoms with Gasteiger partial charge in [0.1, 0.15) is 6.04 Å². The molecule has 4 rings (SSSR count). The minimum Gasteiger partial charge on any atom is -0.459 e. The molecule has 3 aromatic rings. The third-order valence-corrected chi connectivity index (χ3v) is 6.33. The highest BCUT2D eigenvalue weighted by Gasteiger charge is 2.33. The van der Waals surface area contributed by atoms with Crippen LogP contribution in [-0.4, -0.2) is 41.8 Å². The molecule has 0 unspecified atom stereocenters. The smallest absolute Gasteiger partial charge is 0.287 e. The molecular weight excluding hydrogens is 442 g/mol. The fraction of sp³-hybridized carbons (Fsp3) is 0.321. The second kappa shape index (κ2) is 12.0. The Morgan fingerprint density at radius 3 is 2.26 bits per heavy atom. The summed E-state index contributed by atoms with van der Waals surface area (Å²) in [6, 6.07) is 21.7. The van der Waals surface area contributed by atoms with Crippen LogP contribution in [0.25, 0.3) is 0 Å². The number of hydrogen-bond donors (Lipinski definition) is 2. The quantitative estimate of drug-likeness (QED) is 0.468. The molecule has 0 spiro atoms. The number of furan rings is 1. The number of benzene rings is 2. The van der Waals surface area contributed by atoms with Crippen LogP contribution in [0.15, 0.2) is 83.5 Å². The fourth-order valence-corrected chi connectivity index (χ4v) is 4.50. The topological polar surface area (TPSA) is 91.7 Å². The molecule has 1 saturated carbocycles. The molecule has 1 atom stereocenters. The van der Waals surface area contributed by atoms with Crippen molar-refractivity contribution < 1.29 is 18.8 Å². The van der Waals surface area contributed by atoms with Crippen LogP contribution in [0, 0.1) is 0 Å². The van der Waals surface area contributed by atoms with E-state index in [-0.39, 0.29) is 30.2 Å². The normalized spacial score (nSPS) is 14.3. The summed E-state index contributed by atoms with van der Waals surface area (Å²) >= 11 is 0. The molecule has 0 bridgehead atoms. The van der Waals surface area contributed by atoms with Crippen molar-refractivity contribution in [1.29, 1.82) is 0 Å². The van der Waals surface area contributed by atoms with Crippen LogP contribution < -0.4 is 10.6 Å². The summed E-state index contributed by atoms with van der Waals surface area (Å²) in [6.45, 7) is 0.0888. The van der Waals surface area contributed by atoms with Gasteiger partial charge < -0.3 is 20.0 Å². The first kappa shape index (κ1) is 24.3. The van der Waals surface area contributed by atoms with E-state index in [0.29, 0.717) is 13.0 Å². The molecule has 7 nitrogen and oxygen atoms in total. The van der Waals surface area contributed by atoms with Crippen molar-refractivity contribution in [2.45, 2.75) is 44.2 Å². The zero-order chi connectivity index (χ0) is 24.5. The molecule has 182 valence electrons. The summed E-state index contributed by atoms with van der Waals surface area (Å²) in [6.07, 6.45) is 6.07. The Bertz CT molecular complexity index is 1090. The molecule has 0 radical (unpaired) electrons. The van der Waals surface area contributed by atoms with E-state index in [1.165, 1.54) is 12.3 Å². The molecule has 1 aromatic heterocycles. The van der Waals surface area contributed by atoms with E-state index in [4.69, 9.17) is 4.42 Å². The second-order valence-electron chi connectivity index (χ2n) is 8.79. The summed E-state index contributed by atoms with van der Waals surface area (Å²) in [5, 5.41) is 5.79. The zero-order valence-corrected chi connectivity index (χ0v) is 19.7. The molecule has 1 aliphatic carbocycles. The van der Waals surface area contributed by atoms with Crippen molar-refractivity contribution >= 4 is 17.7 Å². The SMILES string of the molecule is O=C(NCC(=O)N(CCc1ccccc1)[C@H](C(=O)NC1CCCC1)c1ccccc1)c1ccco1. The number of carbonyl (C=O) groups excluding carboxylic acids is 3. The van der Waals surface area contributed by atoms with Gasteiger partial charge in [0, 0.05) is 12.6 Å². The summed E-state index contributed by atoms with van der Waals surface area (Å²) in [5.41, 5.74) is 1.80. The van der Waals surface area contributed by atoms with Gasteiger partial charge in [-0.05, 0) is 42.5 Å². The Balaban J connectivity index is 1.57. The summed E-state index contributed by atoms with van der Waals surface area (Å²) in [4.78, 5) is 41.0. The molecule has 2 aromatic carbocycles. The maximum atomic E-state index is 13.6. The van der Waals surface area contributed by atoms with Gasteiger partial charge in [0.25, 0.3) is 5.91 Å². The Morgan fingerprint density at radius 2 is 1.60 bits per heavy atom. The maximum absolute atomic E-state index is 13.6. The van der Waals surface area contributed by atoms with Crippen molar-refractivity contribution in [2.24, 2.45) is 0 Å². The van der Waals surface area contributed by atoms with Gasteiger partial charge in [0.05, 0.1) is 12.8 Å². The van der Waals surface area contributed by atoms with Crippen LogP contribution in [0.3, 0.4) is 0 Å². The Labute approximate surface area is 205 Å². The lowest BCUT2D eigenvalue weighted by Crippen LogP contribution is -2.49. The predicted octanol–water partition coefficient (Wildman–Crippen LogP) is 3.88. The molecule has 1 heterocycles. The van der Waals surface area contributed by atoms with Gasteiger partial charge in [-0.1, -0.05) is 73.5 Å². The van der Waals surface area contributed by atoms with E-state index in [0.717, 1.165) is 36.8 Å². The van der Waals surface area contributed by atoms with Gasteiger partial charge >= 0.3 is 0 Å². The van der Waals surface area contributed by atoms with E-state index in [2.05, 4.69) is 10.6 Å². The van der Waals surface area contributed by atoms with Crippen molar-refractivity contribution in [2.75, 3.05) is 13.1 Å². The Kier molecular flexibility index (Phi) is 8.33. The van der Waals surface area contributed by atoms with Gasteiger partial charge in [-0.2, -0.15) is 0 Å². The Hall–Kier alpha value is -3.87. The van der Waals surface area contributed by atoms with E-state index in [9.17, 15) is 14.4 Å². The van der Waals surface area contributed by atoms with Crippen molar-refractivity contribution in [3.63, 3.8) is 0 Å². The first-order chi connectivity index (χ1) is 17.1. The van der Waals surface area contributed by atoms with Gasteiger partial charge in [-0.3, -0.25) is 14.4 Å². The van der Waals surface area contributed by atoms with Crippen molar-refractivity contribution in [3.8, 4) is 0 Å². The molecule has 7 heteroatoms. The third-order valence-electron chi connectivity index (χ3n) is 6.33. The average Bonchev–Trinajstić information content (AvgIpc) is 3.61. The molecule has 0 saturated heterocycles. The van der Waals surface area contributed by atoms with E-state index in [1.807, 2.05) is 60.7 Å². The minimum absolute atomic E-state index is 0.124. The summed E-state index contributed by atoms with van der Waals surface area (Å²) < 4.78 is 5.12. The van der Waals surface area contributed by atoms with Crippen LogP contribution in [0.5, 0.6) is 0 Å². The van der Waals surface area contributed by atoms with Crippen LogP contribution in [0.4, 0.5) is 0 Å². The van der Waals surface area contributed by atoms with Gasteiger partial charge in [0.15, 0.2) is 5.76 Å². The summed E-state index contributed by atoms with van der Waals surface area (Å²) in [5.74, 6) is -0.872. The lowest BCUT2D eigenvalue weighted by atomic mass is 10.0. The van der Waals surface area contributed by atoms with Gasteiger partial charge in [-0.25, -0.2) is 0 Å². The molecule has 1 fully saturated rings. The highest BCUT2D eigenvalue weighted by molar-refractivity contribution is 5.95. The first-order valence-corrected chi connectivity index (χ1v) is 12.1. The standard InChI is InChI=1S/C28H31N3O4/c32-25(20-29-27(33)24-16-9-19-35-24)31(18-17-21-10-3-1-4-11-21)26(22-12-5-2-6-13-22)28(34)30-23-14-7-8-15-23/h1-6,9-13,16,19,23,26H,7-8,14-15,17-18,20H2,(H,29,33)(H,30,34)/t26-/m0/s1.